The fraction of sp³-hybridized carbons (Fsp3) is 0.333. The lowest BCUT2D eigenvalue weighted by atomic mass is 10.2. The summed E-state index contributed by atoms with van der Waals surface area (Å²) in [6, 6.07) is 5.23. The van der Waals surface area contributed by atoms with Crippen molar-refractivity contribution in [1.29, 1.82) is 0 Å². The van der Waals surface area contributed by atoms with Crippen molar-refractivity contribution in [2.45, 2.75) is 18.8 Å². The Hall–Kier alpha value is -3.52. The molecule has 0 saturated carbocycles. The van der Waals surface area contributed by atoms with Gasteiger partial charge in [0.1, 0.15) is 11.6 Å². The zero-order valence-electron chi connectivity index (χ0n) is 16.2. The zero-order valence-corrected chi connectivity index (χ0v) is 16.2. The second-order valence-corrected chi connectivity index (χ2v) is 6.34. The molecule has 5 N–H and O–H groups in total. The van der Waals surface area contributed by atoms with Gasteiger partial charge in [-0.25, -0.2) is 14.2 Å². The van der Waals surface area contributed by atoms with Gasteiger partial charge in [0, 0.05) is 13.1 Å². The normalized spacial score (nSPS) is 15.9. The Balaban J connectivity index is 0.000000451. The summed E-state index contributed by atoms with van der Waals surface area (Å²) >= 11 is 0. The number of carbonyl (C=O) groups is 2. The maximum absolute atomic E-state index is 12.9. The first-order chi connectivity index (χ1) is 15.0. The maximum Gasteiger partial charge on any atom is 0.490 e. The van der Waals surface area contributed by atoms with Gasteiger partial charge in [-0.2, -0.15) is 13.2 Å². The molecule has 10 nitrogen and oxygen atoms in total. The summed E-state index contributed by atoms with van der Waals surface area (Å²) in [6.07, 6.45) is -5.08. The van der Waals surface area contributed by atoms with Crippen LogP contribution in [-0.4, -0.2) is 58.0 Å². The molecule has 1 aromatic carbocycles. The minimum Gasteiger partial charge on any atom is -0.501 e. The Labute approximate surface area is 177 Å². The zero-order chi connectivity index (χ0) is 23.9. The van der Waals surface area contributed by atoms with Crippen LogP contribution in [0.3, 0.4) is 0 Å². The van der Waals surface area contributed by atoms with Crippen LogP contribution in [0.5, 0.6) is 5.75 Å². The molecular weight excluding hydrogens is 444 g/mol. The number of alkyl halides is 3. The van der Waals surface area contributed by atoms with Crippen molar-refractivity contribution in [3.63, 3.8) is 0 Å². The lowest BCUT2D eigenvalue weighted by Crippen LogP contribution is -2.37. The Kier molecular flexibility index (Phi) is 8.26. The number of carboxylic acids is 1. The van der Waals surface area contributed by atoms with E-state index in [4.69, 9.17) is 14.6 Å². The molecule has 0 bridgehead atoms. The standard InChI is InChI=1S/C16H17FN4O4.C2HF3O2/c17-10-3-1-9(2-4-10)7-19-15(23)12-13(22)16(24)21-14(20-12)11-8-25-6-5-18-11;3-2(4,5)1(6)7/h1-4,11,18,22H,5-8H2,(H,19,23)(H,20,21,24);(H,6,7). The number of H-pyrrole nitrogens is 1. The first-order valence-corrected chi connectivity index (χ1v) is 8.96. The second kappa shape index (κ2) is 10.7. The number of nitrogens with one attached hydrogen (secondary N) is 3. The van der Waals surface area contributed by atoms with Crippen molar-refractivity contribution in [1.82, 2.24) is 20.6 Å². The number of aliphatic carboxylic acids is 1. The number of carboxylic acid groups (broad SMARTS) is 1. The molecule has 1 atom stereocenters. The number of amides is 1. The molecule has 1 aliphatic rings. The number of hydrogen-bond acceptors (Lipinski definition) is 7. The van der Waals surface area contributed by atoms with E-state index in [-0.39, 0.29) is 29.9 Å². The molecule has 1 saturated heterocycles. The van der Waals surface area contributed by atoms with Crippen LogP contribution in [0.4, 0.5) is 17.6 Å². The van der Waals surface area contributed by atoms with Gasteiger partial charge in [0.2, 0.25) is 5.75 Å². The van der Waals surface area contributed by atoms with Crippen LogP contribution in [0.1, 0.15) is 27.9 Å². The van der Waals surface area contributed by atoms with E-state index in [1.807, 2.05) is 0 Å². The summed E-state index contributed by atoms with van der Waals surface area (Å²) in [5, 5.41) is 22.6. The molecule has 2 heterocycles. The van der Waals surface area contributed by atoms with Crippen LogP contribution in [0.2, 0.25) is 0 Å². The second-order valence-electron chi connectivity index (χ2n) is 6.34. The highest BCUT2D eigenvalue weighted by molar-refractivity contribution is 5.94. The molecule has 1 aromatic heterocycles. The van der Waals surface area contributed by atoms with E-state index in [1.54, 1.807) is 0 Å². The fourth-order valence-electron chi connectivity index (χ4n) is 2.42. The summed E-state index contributed by atoms with van der Waals surface area (Å²) < 4.78 is 49.9. The van der Waals surface area contributed by atoms with E-state index >= 15 is 0 Å². The van der Waals surface area contributed by atoms with Crippen molar-refractivity contribution in [2.24, 2.45) is 0 Å². The van der Waals surface area contributed by atoms with E-state index in [1.165, 1.54) is 24.3 Å². The predicted octanol–water partition coefficient (Wildman–Crippen LogP) is 0.839. The van der Waals surface area contributed by atoms with Crippen LogP contribution in [-0.2, 0) is 16.1 Å². The molecule has 174 valence electrons. The van der Waals surface area contributed by atoms with Gasteiger partial charge in [-0.1, -0.05) is 12.1 Å². The van der Waals surface area contributed by atoms with Crippen LogP contribution in [0.15, 0.2) is 29.1 Å². The summed E-state index contributed by atoms with van der Waals surface area (Å²) in [7, 11) is 0. The average Bonchev–Trinajstić information content (AvgIpc) is 2.75. The number of nitrogens with zero attached hydrogens (tertiary/aromatic N) is 1. The molecule has 1 aliphatic heterocycles. The number of aromatic amines is 1. The Morgan fingerprint density at radius 1 is 1.25 bits per heavy atom. The van der Waals surface area contributed by atoms with Gasteiger partial charge in [0.05, 0.1) is 19.3 Å². The topological polar surface area (TPSA) is 154 Å². The largest absolute Gasteiger partial charge is 0.501 e. The minimum atomic E-state index is -5.08. The average molecular weight is 462 g/mol. The third-order valence-corrected chi connectivity index (χ3v) is 3.99. The van der Waals surface area contributed by atoms with E-state index in [2.05, 4.69) is 20.6 Å². The molecule has 0 radical (unpaired) electrons. The molecule has 1 amide bonds. The van der Waals surface area contributed by atoms with Crippen molar-refractivity contribution in [3.8, 4) is 5.75 Å². The van der Waals surface area contributed by atoms with Crippen molar-refractivity contribution in [2.75, 3.05) is 19.8 Å². The van der Waals surface area contributed by atoms with Crippen LogP contribution >= 0.6 is 0 Å². The van der Waals surface area contributed by atoms with Crippen molar-refractivity contribution < 1.29 is 42.1 Å². The molecule has 14 heteroatoms. The number of rotatable bonds is 4. The number of aromatic nitrogens is 2. The smallest absolute Gasteiger partial charge is 0.490 e. The number of hydrogen-bond donors (Lipinski definition) is 5. The SMILES string of the molecule is O=C(NCc1ccc(F)cc1)c1nc(C2COCCN2)[nH]c(=O)c1O.O=C(O)C(F)(F)F. The van der Waals surface area contributed by atoms with Gasteiger partial charge in [-0.15, -0.1) is 0 Å². The third kappa shape index (κ3) is 7.02. The van der Waals surface area contributed by atoms with Crippen LogP contribution in [0, 0.1) is 5.82 Å². The highest BCUT2D eigenvalue weighted by atomic mass is 19.4. The van der Waals surface area contributed by atoms with E-state index in [0.29, 0.717) is 25.3 Å². The predicted molar refractivity (Wildman–Crippen MR) is 99.3 cm³/mol. The number of aromatic hydroxyl groups is 1. The monoisotopic (exact) mass is 462 g/mol. The Bertz CT molecular complexity index is 1000. The molecule has 3 rings (SSSR count). The van der Waals surface area contributed by atoms with Gasteiger partial charge in [0.25, 0.3) is 11.5 Å². The molecule has 1 unspecified atom stereocenters. The number of ether oxygens (including phenoxy) is 1. The van der Waals surface area contributed by atoms with Gasteiger partial charge in [-0.05, 0) is 17.7 Å². The Morgan fingerprint density at radius 3 is 2.41 bits per heavy atom. The minimum absolute atomic E-state index is 0.104. The lowest BCUT2D eigenvalue weighted by Gasteiger charge is -2.23. The van der Waals surface area contributed by atoms with Gasteiger partial charge in [-0.3, -0.25) is 9.59 Å². The van der Waals surface area contributed by atoms with Crippen LogP contribution < -0.4 is 16.2 Å². The molecule has 0 spiro atoms. The molecule has 0 aliphatic carbocycles. The number of halogens is 4. The van der Waals surface area contributed by atoms with Crippen LogP contribution in [0.25, 0.3) is 0 Å². The quantitative estimate of drug-likeness (QED) is 0.419. The summed E-state index contributed by atoms with van der Waals surface area (Å²) in [4.78, 5) is 39.6. The highest BCUT2D eigenvalue weighted by Gasteiger charge is 2.38. The van der Waals surface area contributed by atoms with Gasteiger partial charge < -0.3 is 30.6 Å². The summed E-state index contributed by atoms with van der Waals surface area (Å²) in [5.74, 6) is -4.37. The molecule has 1 fully saturated rings. The van der Waals surface area contributed by atoms with Crippen molar-refractivity contribution in [3.05, 3.63) is 57.5 Å². The first kappa shape index (κ1) is 24.7. The van der Waals surface area contributed by atoms with E-state index < -0.39 is 29.4 Å². The molecule has 2 aromatic rings. The first-order valence-electron chi connectivity index (χ1n) is 8.96. The van der Waals surface area contributed by atoms with Gasteiger partial charge in [0.15, 0.2) is 5.69 Å². The maximum atomic E-state index is 12.9. The van der Waals surface area contributed by atoms with E-state index in [9.17, 15) is 32.3 Å². The summed E-state index contributed by atoms with van der Waals surface area (Å²) in [6.45, 7) is 1.53. The fourth-order valence-corrected chi connectivity index (χ4v) is 2.42. The summed E-state index contributed by atoms with van der Waals surface area (Å²) in [5.41, 5.74) is -0.501. The third-order valence-electron chi connectivity index (χ3n) is 3.99. The molecule has 32 heavy (non-hydrogen) atoms. The number of benzene rings is 1. The van der Waals surface area contributed by atoms with Crippen molar-refractivity contribution >= 4 is 11.9 Å². The lowest BCUT2D eigenvalue weighted by molar-refractivity contribution is -0.192. The van der Waals surface area contributed by atoms with E-state index in [0.717, 1.165) is 0 Å². The van der Waals surface area contributed by atoms with Gasteiger partial charge >= 0.3 is 12.1 Å². The Morgan fingerprint density at radius 2 is 1.88 bits per heavy atom. The number of morpholine rings is 1. The number of carbonyl (C=O) groups excluding carboxylic acids is 1. The molecular formula is C18H18F4N4O6. The highest BCUT2D eigenvalue weighted by Crippen LogP contribution is 2.15.